The van der Waals surface area contributed by atoms with Crippen LogP contribution in [-0.4, -0.2) is 41.5 Å². The monoisotopic (exact) mass is 454 g/mol. The molecule has 1 aliphatic heterocycles. The number of halogens is 1. The van der Waals surface area contributed by atoms with Crippen molar-refractivity contribution in [2.75, 3.05) is 13.2 Å². The normalized spacial score (nSPS) is 38.7. The van der Waals surface area contributed by atoms with Crippen molar-refractivity contribution in [3.63, 3.8) is 0 Å². The second-order valence-corrected chi connectivity index (χ2v) is 10.6. The number of carbonyl (C=O) groups excluding carboxylic acids is 3. The van der Waals surface area contributed by atoms with E-state index in [1.807, 2.05) is 0 Å². The topological polar surface area (TPSA) is 93.7 Å². The highest BCUT2D eigenvalue weighted by molar-refractivity contribution is 9.10. The highest BCUT2D eigenvalue weighted by Gasteiger charge is 2.60. The van der Waals surface area contributed by atoms with Gasteiger partial charge in [0, 0.05) is 4.32 Å². The van der Waals surface area contributed by atoms with E-state index in [9.17, 15) is 14.4 Å². The van der Waals surface area contributed by atoms with Gasteiger partial charge in [-0.05, 0) is 64.2 Å². The lowest BCUT2D eigenvalue weighted by molar-refractivity contribution is -0.168. The zero-order chi connectivity index (χ0) is 20.1. The van der Waals surface area contributed by atoms with Gasteiger partial charge < -0.3 is 20.1 Å². The first-order chi connectivity index (χ1) is 13.2. The van der Waals surface area contributed by atoms with Crippen molar-refractivity contribution in [3.8, 4) is 0 Å². The van der Waals surface area contributed by atoms with Gasteiger partial charge >= 0.3 is 18.0 Å². The predicted octanol–water partition coefficient (Wildman–Crippen LogP) is 2.78. The molecule has 0 radical (unpaired) electrons. The summed E-state index contributed by atoms with van der Waals surface area (Å²) in [6, 6.07) is -0.923. The molecule has 4 saturated carbocycles. The molecule has 0 unspecified atom stereocenters. The molecular formula is C20H27BrN2O5. The lowest BCUT2D eigenvalue weighted by Crippen LogP contribution is -2.56. The van der Waals surface area contributed by atoms with Crippen LogP contribution >= 0.6 is 15.9 Å². The Balaban J connectivity index is 1.51. The summed E-state index contributed by atoms with van der Waals surface area (Å²) in [5, 5.41) is 5.26. The van der Waals surface area contributed by atoms with Crippen LogP contribution in [0.3, 0.4) is 0 Å². The summed E-state index contributed by atoms with van der Waals surface area (Å²) in [5.41, 5.74) is 0.166. The second kappa shape index (κ2) is 7.04. The maximum absolute atomic E-state index is 13.1. The second-order valence-electron chi connectivity index (χ2n) is 8.90. The molecule has 28 heavy (non-hydrogen) atoms. The molecule has 4 fully saturated rings. The zero-order valence-corrected chi connectivity index (χ0v) is 17.9. The minimum Gasteiger partial charge on any atom is -0.463 e. The number of amides is 2. The molecule has 5 rings (SSSR count). The van der Waals surface area contributed by atoms with E-state index >= 15 is 0 Å². The van der Waals surface area contributed by atoms with Crippen LogP contribution in [0.4, 0.5) is 4.79 Å². The molecule has 5 aliphatic rings. The average Bonchev–Trinajstić information content (AvgIpc) is 2.57. The van der Waals surface area contributed by atoms with Gasteiger partial charge in [0.05, 0.1) is 29.3 Å². The van der Waals surface area contributed by atoms with Gasteiger partial charge in [0.1, 0.15) is 6.61 Å². The molecule has 8 heteroatoms. The Morgan fingerprint density at radius 1 is 1.18 bits per heavy atom. The van der Waals surface area contributed by atoms with Gasteiger partial charge in [-0.3, -0.25) is 4.79 Å². The highest BCUT2D eigenvalue weighted by Crippen LogP contribution is 2.64. The van der Waals surface area contributed by atoms with E-state index in [-0.39, 0.29) is 23.5 Å². The maximum atomic E-state index is 13.1. The highest BCUT2D eigenvalue weighted by atomic mass is 79.9. The predicted molar refractivity (Wildman–Crippen MR) is 105 cm³/mol. The first-order valence-corrected chi connectivity index (χ1v) is 10.9. The summed E-state index contributed by atoms with van der Waals surface area (Å²) in [7, 11) is 0. The van der Waals surface area contributed by atoms with Crippen molar-refractivity contribution in [2.24, 2.45) is 17.3 Å². The number of nitrogens with one attached hydrogen (secondary N) is 2. The van der Waals surface area contributed by atoms with E-state index < -0.39 is 23.5 Å². The van der Waals surface area contributed by atoms with Crippen LogP contribution in [0.1, 0.15) is 52.4 Å². The molecule has 3 atom stereocenters. The molecule has 1 heterocycles. The molecule has 2 amide bonds. The van der Waals surface area contributed by atoms with E-state index in [2.05, 4.69) is 26.6 Å². The number of urea groups is 1. The van der Waals surface area contributed by atoms with Crippen molar-refractivity contribution in [3.05, 3.63) is 11.3 Å². The van der Waals surface area contributed by atoms with Gasteiger partial charge in [-0.2, -0.15) is 0 Å². The van der Waals surface area contributed by atoms with E-state index in [4.69, 9.17) is 9.47 Å². The molecule has 0 aromatic heterocycles. The van der Waals surface area contributed by atoms with Gasteiger partial charge in [-0.25, -0.2) is 9.59 Å². The molecule has 154 valence electrons. The summed E-state index contributed by atoms with van der Waals surface area (Å²) in [6.07, 6.45) is 6.04. The van der Waals surface area contributed by atoms with Gasteiger partial charge in [0.25, 0.3) is 0 Å². The lowest BCUT2D eigenvalue weighted by atomic mass is 9.49. The smallest absolute Gasteiger partial charge is 0.338 e. The molecule has 2 N–H and O–H groups in total. The standard InChI is InChI=1S/C20H27BrN2O5/c1-3-27-16(24)15-11(2)22-18(26)23-14(15)9-28-17(25)19-5-12-4-13(6-19)8-20(21,7-12)10-19/h11-13H,3-10H2,1-2H3,(H2,22,23,26)/t11-,12+,13+,19?,20?/m0/s1. The van der Waals surface area contributed by atoms with Crippen molar-refractivity contribution < 1.29 is 23.9 Å². The Kier molecular flexibility index (Phi) is 4.96. The van der Waals surface area contributed by atoms with Crippen molar-refractivity contribution in [2.45, 2.75) is 62.7 Å². The molecule has 0 spiro atoms. The Bertz CT molecular complexity index is 735. The van der Waals surface area contributed by atoms with Crippen molar-refractivity contribution >= 4 is 33.9 Å². The third-order valence-electron chi connectivity index (χ3n) is 6.64. The lowest BCUT2D eigenvalue weighted by Gasteiger charge is -2.58. The van der Waals surface area contributed by atoms with Gasteiger partial charge in [-0.15, -0.1) is 0 Å². The van der Waals surface area contributed by atoms with E-state index in [1.165, 1.54) is 6.42 Å². The largest absolute Gasteiger partial charge is 0.463 e. The first kappa shape index (κ1) is 19.7. The Hall–Kier alpha value is -1.57. The van der Waals surface area contributed by atoms with Crippen LogP contribution in [0.25, 0.3) is 0 Å². The fraction of sp³-hybridized carbons (Fsp3) is 0.750. The molecule has 7 nitrogen and oxygen atoms in total. The van der Waals surface area contributed by atoms with Crippen LogP contribution in [0.2, 0.25) is 0 Å². The van der Waals surface area contributed by atoms with E-state index in [1.54, 1.807) is 13.8 Å². The van der Waals surface area contributed by atoms with Gasteiger partial charge in [-0.1, -0.05) is 15.9 Å². The number of esters is 2. The summed E-state index contributed by atoms with van der Waals surface area (Å²) in [4.78, 5) is 37.3. The molecule has 0 aromatic carbocycles. The van der Waals surface area contributed by atoms with E-state index in [0.29, 0.717) is 23.1 Å². The van der Waals surface area contributed by atoms with Crippen molar-refractivity contribution in [1.29, 1.82) is 0 Å². The third-order valence-corrected chi connectivity index (χ3v) is 7.56. The SMILES string of the molecule is CCOC(=O)C1=C(COC(=O)C23C[C@H]4C[C@@H](CC(Br)(C4)C2)C3)NC(=O)N[C@H]1C. The van der Waals surface area contributed by atoms with Crippen molar-refractivity contribution in [1.82, 2.24) is 10.6 Å². The van der Waals surface area contributed by atoms with Gasteiger partial charge in [0.15, 0.2) is 0 Å². The summed E-state index contributed by atoms with van der Waals surface area (Å²) in [6.45, 7) is 3.54. The number of hydrogen-bond acceptors (Lipinski definition) is 5. The summed E-state index contributed by atoms with van der Waals surface area (Å²) >= 11 is 3.91. The molecular weight excluding hydrogens is 428 g/mol. The first-order valence-electron chi connectivity index (χ1n) is 10.1. The van der Waals surface area contributed by atoms with Crippen LogP contribution < -0.4 is 10.6 Å². The van der Waals surface area contributed by atoms with Gasteiger partial charge in [0.2, 0.25) is 0 Å². The van der Waals surface area contributed by atoms with Crippen LogP contribution in [0.15, 0.2) is 11.3 Å². The number of hydrogen-bond donors (Lipinski definition) is 2. The minimum absolute atomic E-state index is 0.0585. The van der Waals surface area contributed by atoms with Crippen LogP contribution in [-0.2, 0) is 19.1 Å². The number of alkyl halides is 1. The molecule has 0 aromatic rings. The number of ether oxygens (including phenoxy) is 2. The molecule has 4 bridgehead atoms. The van der Waals surface area contributed by atoms with Crippen LogP contribution in [0, 0.1) is 17.3 Å². The summed E-state index contributed by atoms with van der Waals surface area (Å²) < 4.78 is 10.9. The van der Waals surface area contributed by atoms with Crippen LogP contribution in [0.5, 0.6) is 0 Å². The Morgan fingerprint density at radius 2 is 1.86 bits per heavy atom. The number of rotatable bonds is 5. The summed E-state index contributed by atoms with van der Waals surface area (Å²) in [5.74, 6) is 0.423. The number of carbonyl (C=O) groups is 3. The Labute approximate surface area is 173 Å². The average molecular weight is 455 g/mol. The third kappa shape index (κ3) is 3.44. The maximum Gasteiger partial charge on any atom is 0.338 e. The van der Waals surface area contributed by atoms with E-state index in [0.717, 1.165) is 32.1 Å². The Morgan fingerprint density at radius 3 is 2.46 bits per heavy atom. The minimum atomic E-state index is -0.511. The zero-order valence-electron chi connectivity index (χ0n) is 16.3. The fourth-order valence-corrected chi connectivity index (χ4v) is 7.53. The molecule has 0 saturated heterocycles. The quantitative estimate of drug-likeness (QED) is 0.491. The fourth-order valence-electron chi connectivity index (χ4n) is 6.07. The molecule has 4 aliphatic carbocycles.